The molecule has 0 aromatic heterocycles. The zero-order chi connectivity index (χ0) is 14.9. The van der Waals surface area contributed by atoms with Gasteiger partial charge in [-0.1, -0.05) is 6.92 Å². The Morgan fingerprint density at radius 2 is 1.95 bits per heavy atom. The number of aliphatic hydroxyl groups excluding tert-OH is 1. The van der Waals surface area contributed by atoms with E-state index in [-0.39, 0.29) is 18.3 Å². The first-order valence-corrected chi connectivity index (χ1v) is 8.35. The van der Waals surface area contributed by atoms with Gasteiger partial charge in [0, 0.05) is 20.2 Å². The standard InChI is InChI=1S/C12H26N2O4S/c1-4-10-19(17,18)13-11(2)12(16)14(3)8-6-5-7-9-15/h11,13,15H,4-10H2,1-3H3. The minimum absolute atomic E-state index is 0.0326. The first-order chi connectivity index (χ1) is 8.84. The van der Waals surface area contributed by atoms with Gasteiger partial charge in [0.15, 0.2) is 0 Å². The van der Waals surface area contributed by atoms with Crippen LogP contribution in [0.5, 0.6) is 0 Å². The minimum atomic E-state index is -3.37. The van der Waals surface area contributed by atoms with Gasteiger partial charge in [-0.3, -0.25) is 4.79 Å². The molecule has 0 fully saturated rings. The minimum Gasteiger partial charge on any atom is -0.396 e. The highest BCUT2D eigenvalue weighted by Crippen LogP contribution is 2.01. The second-order valence-corrected chi connectivity index (χ2v) is 6.58. The molecule has 0 aliphatic heterocycles. The number of unbranched alkanes of at least 4 members (excludes halogenated alkanes) is 2. The average molecular weight is 294 g/mol. The molecule has 0 saturated heterocycles. The van der Waals surface area contributed by atoms with E-state index in [2.05, 4.69) is 4.72 Å². The van der Waals surface area contributed by atoms with Crippen molar-refractivity contribution in [2.45, 2.75) is 45.6 Å². The Hall–Kier alpha value is -0.660. The third kappa shape index (κ3) is 8.18. The molecule has 7 heteroatoms. The molecule has 0 bridgehead atoms. The number of likely N-dealkylation sites (N-methyl/N-ethyl adjacent to an activating group) is 1. The molecule has 0 aliphatic rings. The largest absolute Gasteiger partial charge is 0.396 e. The highest BCUT2D eigenvalue weighted by Gasteiger charge is 2.21. The number of sulfonamides is 1. The number of rotatable bonds is 10. The van der Waals surface area contributed by atoms with E-state index in [1.807, 2.05) is 0 Å². The monoisotopic (exact) mass is 294 g/mol. The Morgan fingerprint density at radius 3 is 2.47 bits per heavy atom. The molecule has 0 radical (unpaired) electrons. The maximum atomic E-state index is 11.9. The second kappa shape index (κ2) is 9.28. The van der Waals surface area contributed by atoms with E-state index in [0.29, 0.717) is 13.0 Å². The number of nitrogens with one attached hydrogen (secondary N) is 1. The molecule has 1 amide bonds. The van der Waals surface area contributed by atoms with E-state index in [0.717, 1.165) is 19.3 Å². The van der Waals surface area contributed by atoms with Crippen LogP contribution in [0.1, 0.15) is 39.5 Å². The van der Waals surface area contributed by atoms with Crippen molar-refractivity contribution in [3.05, 3.63) is 0 Å². The Labute approximate surface area is 116 Å². The number of hydrogen-bond donors (Lipinski definition) is 2. The van der Waals surface area contributed by atoms with Crippen LogP contribution in [0.4, 0.5) is 0 Å². The topological polar surface area (TPSA) is 86.7 Å². The van der Waals surface area contributed by atoms with Crippen LogP contribution in [0.2, 0.25) is 0 Å². The average Bonchev–Trinajstić information content (AvgIpc) is 2.32. The van der Waals surface area contributed by atoms with Crippen molar-refractivity contribution >= 4 is 15.9 Å². The third-order valence-corrected chi connectivity index (χ3v) is 4.39. The van der Waals surface area contributed by atoms with E-state index in [4.69, 9.17) is 5.11 Å². The van der Waals surface area contributed by atoms with Gasteiger partial charge < -0.3 is 10.0 Å². The lowest BCUT2D eigenvalue weighted by Gasteiger charge is -2.22. The van der Waals surface area contributed by atoms with Crippen LogP contribution < -0.4 is 4.72 Å². The smallest absolute Gasteiger partial charge is 0.240 e. The first kappa shape index (κ1) is 18.3. The van der Waals surface area contributed by atoms with Gasteiger partial charge in [0.25, 0.3) is 0 Å². The van der Waals surface area contributed by atoms with Crippen molar-refractivity contribution in [3.8, 4) is 0 Å². The van der Waals surface area contributed by atoms with Crippen LogP contribution in [0.3, 0.4) is 0 Å². The van der Waals surface area contributed by atoms with E-state index >= 15 is 0 Å². The number of aliphatic hydroxyl groups is 1. The number of carbonyl (C=O) groups is 1. The summed E-state index contributed by atoms with van der Waals surface area (Å²) in [4.78, 5) is 13.5. The molecule has 0 aliphatic carbocycles. The molecule has 1 unspecified atom stereocenters. The van der Waals surface area contributed by atoms with E-state index in [1.165, 1.54) is 4.90 Å². The van der Waals surface area contributed by atoms with Crippen LogP contribution in [-0.2, 0) is 14.8 Å². The summed E-state index contributed by atoms with van der Waals surface area (Å²) < 4.78 is 25.5. The molecule has 0 saturated carbocycles. The highest BCUT2D eigenvalue weighted by molar-refractivity contribution is 7.89. The lowest BCUT2D eigenvalue weighted by atomic mass is 10.2. The number of hydrogen-bond acceptors (Lipinski definition) is 4. The number of carbonyl (C=O) groups excluding carboxylic acids is 1. The fraction of sp³-hybridized carbons (Fsp3) is 0.917. The van der Waals surface area contributed by atoms with Crippen LogP contribution >= 0.6 is 0 Å². The van der Waals surface area contributed by atoms with Crippen molar-refractivity contribution < 1.29 is 18.3 Å². The Kier molecular flexibility index (Phi) is 8.95. The molecule has 0 rings (SSSR count). The van der Waals surface area contributed by atoms with Gasteiger partial charge in [0.2, 0.25) is 15.9 Å². The SMILES string of the molecule is CCCS(=O)(=O)NC(C)C(=O)N(C)CCCCCO. The van der Waals surface area contributed by atoms with Gasteiger partial charge in [-0.2, -0.15) is 0 Å². The van der Waals surface area contributed by atoms with Crippen molar-refractivity contribution in [3.63, 3.8) is 0 Å². The molecular weight excluding hydrogens is 268 g/mol. The van der Waals surface area contributed by atoms with Gasteiger partial charge in [0.05, 0.1) is 11.8 Å². The summed E-state index contributed by atoms with van der Waals surface area (Å²) in [5.74, 6) is -0.200. The first-order valence-electron chi connectivity index (χ1n) is 6.70. The lowest BCUT2D eigenvalue weighted by molar-refractivity contribution is -0.131. The second-order valence-electron chi connectivity index (χ2n) is 4.70. The van der Waals surface area contributed by atoms with E-state index in [9.17, 15) is 13.2 Å². The molecular formula is C12H26N2O4S. The number of nitrogens with zero attached hydrogens (tertiary/aromatic N) is 1. The van der Waals surface area contributed by atoms with Crippen LogP contribution in [0, 0.1) is 0 Å². The predicted octanol–water partition coefficient (Wildman–Crippen LogP) is 0.325. The summed E-state index contributed by atoms with van der Waals surface area (Å²) in [5, 5.41) is 8.65. The van der Waals surface area contributed by atoms with Crippen LogP contribution in [-0.4, -0.2) is 56.3 Å². The quantitative estimate of drug-likeness (QED) is 0.568. The Morgan fingerprint density at radius 1 is 1.32 bits per heavy atom. The molecule has 19 heavy (non-hydrogen) atoms. The summed E-state index contributed by atoms with van der Waals surface area (Å²) in [6.45, 7) is 4.06. The van der Waals surface area contributed by atoms with Crippen LogP contribution in [0.25, 0.3) is 0 Å². The highest BCUT2D eigenvalue weighted by atomic mass is 32.2. The van der Waals surface area contributed by atoms with Crippen molar-refractivity contribution in [2.24, 2.45) is 0 Å². The fourth-order valence-electron chi connectivity index (χ4n) is 1.73. The fourth-order valence-corrected chi connectivity index (χ4v) is 3.02. The molecule has 0 aromatic carbocycles. The maximum Gasteiger partial charge on any atom is 0.240 e. The molecule has 2 N–H and O–H groups in total. The van der Waals surface area contributed by atoms with Gasteiger partial charge in [-0.05, 0) is 32.6 Å². The normalized spacial score (nSPS) is 13.3. The van der Waals surface area contributed by atoms with Gasteiger partial charge in [-0.15, -0.1) is 0 Å². The summed E-state index contributed by atoms with van der Waals surface area (Å²) in [6, 6.07) is -0.737. The molecule has 0 aromatic rings. The van der Waals surface area contributed by atoms with E-state index < -0.39 is 16.1 Å². The van der Waals surface area contributed by atoms with Gasteiger partial charge in [0.1, 0.15) is 0 Å². The molecule has 114 valence electrons. The summed E-state index contributed by atoms with van der Waals surface area (Å²) in [6.07, 6.45) is 2.90. The van der Waals surface area contributed by atoms with Crippen molar-refractivity contribution in [1.29, 1.82) is 0 Å². The van der Waals surface area contributed by atoms with Crippen molar-refractivity contribution in [1.82, 2.24) is 9.62 Å². The zero-order valence-electron chi connectivity index (χ0n) is 12.1. The third-order valence-electron chi connectivity index (χ3n) is 2.73. The van der Waals surface area contributed by atoms with Crippen LogP contribution in [0.15, 0.2) is 0 Å². The lowest BCUT2D eigenvalue weighted by Crippen LogP contribution is -2.46. The van der Waals surface area contributed by atoms with Gasteiger partial charge in [-0.25, -0.2) is 13.1 Å². The molecule has 1 atom stereocenters. The molecule has 6 nitrogen and oxygen atoms in total. The van der Waals surface area contributed by atoms with Crippen molar-refractivity contribution in [2.75, 3.05) is 26.0 Å². The number of amides is 1. The van der Waals surface area contributed by atoms with E-state index in [1.54, 1.807) is 20.9 Å². The Bertz CT molecular complexity index is 357. The van der Waals surface area contributed by atoms with Gasteiger partial charge >= 0.3 is 0 Å². The summed E-state index contributed by atoms with van der Waals surface area (Å²) >= 11 is 0. The zero-order valence-corrected chi connectivity index (χ0v) is 12.9. The summed E-state index contributed by atoms with van der Waals surface area (Å²) in [5.41, 5.74) is 0. The Balaban J connectivity index is 4.17. The molecule has 0 heterocycles. The predicted molar refractivity (Wildman–Crippen MR) is 75.2 cm³/mol. The summed E-state index contributed by atoms with van der Waals surface area (Å²) in [7, 11) is -1.71. The maximum absolute atomic E-state index is 11.9. The molecule has 0 spiro atoms.